The van der Waals surface area contributed by atoms with Crippen LogP contribution in [-0.4, -0.2) is 46.1 Å². The standard InChI is InChI=1S/C19H22FN3O3S/c1-9-5-21-6-10(2)23(9)16-14(20)4-12-15-18(16)27-11(3)7-22(15)8-13(17(12)24)19(25)26/h4,8-11,21H,5-7H2,1-3H3,(H,25,26). The summed E-state index contributed by atoms with van der Waals surface area (Å²) in [6, 6.07) is 1.43. The number of carboxylic acids is 1. The van der Waals surface area contributed by atoms with Gasteiger partial charge in [-0.15, -0.1) is 11.8 Å². The van der Waals surface area contributed by atoms with Crippen molar-refractivity contribution in [3.63, 3.8) is 0 Å². The number of hydrogen-bond donors (Lipinski definition) is 2. The lowest BCUT2D eigenvalue weighted by molar-refractivity contribution is 0.0694. The molecule has 8 heteroatoms. The quantitative estimate of drug-likeness (QED) is 0.820. The maximum atomic E-state index is 15.3. The van der Waals surface area contributed by atoms with Crippen LogP contribution < -0.4 is 15.6 Å². The number of aromatic carboxylic acids is 1. The van der Waals surface area contributed by atoms with Crippen molar-refractivity contribution in [1.29, 1.82) is 0 Å². The van der Waals surface area contributed by atoms with E-state index < -0.39 is 17.2 Å². The van der Waals surface area contributed by atoms with Gasteiger partial charge in [-0.05, 0) is 19.9 Å². The molecule has 0 bridgehead atoms. The van der Waals surface area contributed by atoms with Gasteiger partial charge >= 0.3 is 5.97 Å². The third-order valence-electron chi connectivity index (χ3n) is 5.33. The molecule has 0 aliphatic carbocycles. The molecule has 0 radical (unpaired) electrons. The van der Waals surface area contributed by atoms with Crippen molar-refractivity contribution in [3.05, 3.63) is 33.9 Å². The lowest BCUT2D eigenvalue weighted by Gasteiger charge is -2.43. The molecule has 2 N–H and O–H groups in total. The predicted octanol–water partition coefficient (Wildman–Crippen LogP) is 2.52. The van der Waals surface area contributed by atoms with Gasteiger partial charge in [-0.1, -0.05) is 6.92 Å². The molecule has 2 aromatic rings. The van der Waals surface area contributed by atoms with Crippen molar-refractivity contribution in [2.24, 2.45) is 0 Å². The van der Waals surface area contributed by atoms with Gasteiger partial charge in [-0.3, -0.25) is 4.79 Å². The Balaban J connectivity index is 2.06. The maximum absolute atomic E-state index is 15.3. The average molecular weight is 391 g/mol. The third-order valence-corrected chi connectivity index (χ3v) is 6.51. The molecular weight excluding hydrogens is 369 g/mol. The van der Waals surface area contributed by atoms with Crippen molar-refractivity contribution in [2.45, 2.75) is 49.5 Å². The summed E-state index contributed by atoms with van der Waals surface area (Å²) in [6.07, 6.45) is 1.40. The lowest BCUT2D eigenvalue weighted by atomic mass is 10.0. The monoisotopic (exact) mass is 391 g/mol. The second-order valence-corrected chi connectivity index (χ2v) is 8.90. The van der Waals surface area contributed by atoms with Crippen LogP contribution in [0, 0.1) is 5.82 Å². The molecule has 27 heavy (non-hydrogen) atoms. The van der Waals surface area contributed by atoms with Crippen LogP contribution in [0.5, 0.6) is 0 Å². The van der Waals surface area contributed by atoms with Gasteiger partial charge in [0.05, 0.1) is 21.5 Å². The first-order valence-electron chi connectivity index (χ1n) is 9.08. The number of carboxylic acid groups (broad SMARTS) is 1. The van der Waals surface area contributed by atoms with Crippen molar-refractivity contribution in [1.82, 2.24) is 9.88 Å². The summed E-state index contributed by atoms with van der Waals surface area (Å²) < 4.78 is 17.1. The maximum Gasteiger partial charge on any atom is 0.341 e. The van der Waals surface area contributed by atoms with Gasteiger partial charge in [0.1, 0.15) is 11.4 Å². The highest BCUT2D eigenvalue weighted by Gasteiger charge is 2.33. The predicted molar refractivity (Wildman–Crippen MR) is 105 cm³/mol. The highest BCUT2D eigenvalue weighted by Crippen LogP contribution is 2.44. The fraction of sp³-hybridized carbons (Fsp3) is 0.474. The summed E-state index contributed by atoms with van der Waals surface area (Å²) in [5, 5.41) is 13.0. The average Bonchev–Trinajstić information content (AvgIpc) is 2.59. The number of benzene rings is 1. The fourth-order valence-electron chi connectivity index (χ4n) is 4.23. The van der Waals surface area contributed by atoms with E-state index in [1.54, 1.807) is 16.3 Å². The second-order valence-electron chi connectivity index (χ2n) is 7.45. The highest BCUT2D eigenvalue weighted by atomic mass is 32.2. The molecule has 3 unspecified atom stereocenters. The van der Waals surface area contributed by atoms with Crippen LogP contribution in [0.1, 0.15) is 31.1 Å². The fourth-order valence-corrected chi connectivity index (χ4v) is 5.52. The number of rotatable bonds is 2. The number of carbonyl (C=O) groups is 1. The van der Waals surface area contributed by atoms with Crippen molar-refractivity contribution >= 4 is 34.3 Å². The summed E-state index contributed by atoms with van der Waals surface area (Å²) in [5.41, 5.74) is 0.222. The minimum Gasteiger partial charge on any atom is -0.477 e. The van der Waals surface area contributed by atoms with E-state index in [2.05, 4.69) is 24.1 Å². The minimum atomic E-state index is -1.29. The first kappa shape index (κ1) is 18.3. The molecule has 1 aromatic heterocycles. The van der Waals surface area contributed by atoms with E-state index in [1.165, 1.54) is 12.3 Å². The number of anilines is 1. The molecule has 1 aromatic carbocycles. The van der Waals surface area contributed by atoms with E-state index in [0.29, 0.717) is 17.7 Å². The molecule has 2 aliphatic rings. The molecule has 2 aliphatic heterocycles. The molecule has 3 atom stereocenters. The Bertz CT molecular complexity index is 996. The van der Waals surface area contributed by atoms with Gasteiger partial charge in [-0.2, -0.15) is 0 Å². The van der Waals surface area contributed by atoms with Gasteiger partial charge in [0.2, 0.25) is 5.43 Å². The topological polar surface area (TPSA) is 74.6 Å². The minimum absolute atomic E-state index is 0.105. The molecule has 4 rings (SSSR count). The molecule has 0 spiro atoms. The molecule has 3 heterocycles. The first-order valence-corrected chi connectivity index (χ1v) is 9.96. The highest BCUT2D eigenvalue weighted by molar-refractivity contribution is 8.00. The Labute approximate surface area is 160 Å². The Kier molecular flexibility index (Phi) is 4.43. The zero-order valence-electron chi connectivity index (χ0n) is 15.5. The molecule has 1 saturated heterocycles. The largest absolute Gasteiger partial charge is 0.477 e. The number of aromatic nitrogens is 1. The van der Waals surface area contributed by atoms with Gasteiger partial charge in [0.25, 0.3) is 0 Å². The summed E-state index contributed by atoms with van der Waals surface area (Å²) in [6.45, 7) is 8.22. The molecule has 144 valence electrons. The van der Waals surface area contributed by atoms with E-state index in [1.807, 2.05) is 6.92 Å². The van der Waals surface area contributed by atoms with Gasteiger partial charge in [-0.25, -0.2) is 9.18 Å². The normalized spacial score (nSPS) is 25.0. The zero-order valence-corrected chi connectivity index (χ0v) is 16.3. The van der Waals surface area contributed by atoms with Crippen LogP contribution in [-0.2, 0) is 6.54 Å². The number of pyridine rings is 1. The third kappa shape index (κ3) is 2.82. The summed E-state index contributed by atoms with van der Waals surface area (Å²) in [7, 11) is 0. The van der Waals surface area contributed by atoms with Gasteiger partial charge in [0.15, 0.2) is 0 Å². The molecule has 0 amide bonds. The Morgan fingerprint density at radius 3 is 2.59 bits per heavy atom. The van der Waals surface area contributed by atoms with Crippen LogP contribution in [0.15, 0.2) is 22.0 Å². The van der Waals surface area contributed by atoms with E-state index >= 15 is 4.39 Å². The number of nitrogens with one attached hydrogen (secondary N) is 1. The van der Waals surface area contributed by atoms with E-state index in [0.717, 1.165) is 18.0 Å². The van der Waals surface area contributed by atoms with E-state index in [-0.39, 0.29) is 28.3 Å². The van der Waals surface area contributed by atoms with Gasteiger partial charge < -0.3 is 19.9 Å². The van der Waals surface area contributed by atoms with Gasteiger partial charge in [0, 0.05) is 43.2 Å². The summed E-state index contributed by atoms with van der Waals surface area (Å²) in [5.74, 6) is -1.75. The van der Waals surface area contributed by atoms with Crippen molar-refractivity contribution in [2.75, 3.05) is 18.0 Å². The number of piperazine rings is 1. The van der Waals surface area contributed by atoms with Crippen LogP contribution in [0.25, 0.3) is 10.9 Å². The molecular formula is C19H22FN3O3S. The van der Waals surface area contributed by atoms with Crippen molar-refractivity contribution in [3.8, 4) is 0 Å². The number of hydrogen-bond acceptors (Lipinski definition) is 5. The second kappa shape index (κ2) is 6.53. The van der Waals surface area contributed by atoms with E-state index in [4.69, 9.17) is 0 Å². The molecule has 6 nitrogen and oxygen atoms in total. The van der Waals surface area contributed by atoms with Crippen LogP contribution >= 0.6 is 11.8 Å². The SMILES string of the molecule is CC1Cn2cc(C(=O)O)c(=O)c3cc(F)c(N4C(C)CNCC4C)c(c32)S1. The van der Waals surface area contributed by atoms with Crippen LogP contribution in [0.3, 0.4) is 0 Å². The Morgan fingerprint density at radius 2 is 1.96 bits per heavy atom. The first-order chi connectivity index (χ1) is 12.8. The van der Waals surface area contributed by atoms with Crippen LogP contribution in [0.4, 0.5) is 10.1 Å². The van der Waals surface area contributed by atoms with Crippen molar-refractivity contribution < 1.29 is 14.3 Å². The molecule has 1 fully saturated rings. The van der Waals surface area contributed by atoms with E-state index in [9.17, 15) is 14.7 Å². The lowest BCUT2D eigenvalue weighted by Crippen LogP contribution is -2.55. The summed E-state index contributed by atoms with van der Waals surface area (Å²) in [4.78, 5) is 27.0. The Morgan fingerprint density at radius 1 is 1.30 bits per heavy atom. The van der Waals surface area contributed by atoms with Crippen LogP contribution in [0.2, 0.25) is 0 Å². The summed E-state index contributed by atoms with van der Waals surface area (Å²) >= 11 is 1.56. The number of halogens is 1. The Hall–Kier alpha value is -2.06. The smallest absolute Gasteiger partial charge is 0.341 e. The zero-order chi connectivity index (χ0) is 19.5. The molecule has 0 saturated carbocycles. The number of nitrogens with zero attached hydrogens (tertiary/aromatic N) is 2. The number of thioether (sulfide) groups is 1.